The molecule has 2 aromatic carbocycles. The van der Waals surface area contributed by atoms with E-state index in [0.717, 1.165) is 65.0 Å². The Balaban J connectivity index is 1.60. The molecule has 3 aromatic rings. The lowest BCUT2D eigenvalue weighted by Crippen LogP contribution is -2.34. The predicted molar refractivity (Wildman–Crippen MR) is 111 cm³/mol. The number of carbonyl (C=O) groups is 1. The van der Waals surface area contributed by atoms with E-state index in [-0.39, 0.29) is 17.3 Å². The molecule has 4 N–H and O–H groups in total. The first-order valence-corrected chi connectivity index (χ1v) is 9.93. The number of hydrogen-bond donors (Lipinski definition) is 3. The van der Waals surface area contributed by atoms with Crippen LogP contribution in [-0.2, 0) is 5.41 Å². The molecule has 1 fully saturated rings. The number of nitrogens with two attached hydrogens (primary N) is 1. The zero-order valence-electron chi connectivity index (χ0n) is 16.3. The number of anilines is 1. The lowest BCUT2D eigenvalue weighted by atomic mass is 9.71. The first-order valence-electron chi connectivity index (χ1n) is 9.93. The van der Waals surface area contributed by atoms with Gasteiger partial charge in [-0.2, -0.15) is 0 Å². The van der Waals surface area contributed by atoms with Crippen molar-refractivity contribution >= 4 is 22.4 Å². The molecular formula is C23H25N3O2. The highest BCUT2D eigenvalue weighted by molar-refractivity contribution is 6.20. The van der Waals surface area contributed by atoms with Crippen molar-refractivity contribution in [2.75, 3.05) is 18.8 Å². The van der Waals surface area contributed by atoms with E-state index in [9.17, 15) is 4.79 Å². The third-order valence-electron chi connectivity index (χ3n) is 6.17. The maximum atomic E-state index is 13.4. The highest BCUT2D eigenvalue weighted by atomic mass is 16.5. The summed E-state index contributed by atoms with van der Waals surface area (Å²) in [6.45, 7) is 6.29. The van der Waals surface area contributed by atoms with E-state index in [4.69, 9.17) is 10.5 Å². The molecule has 1 aliphatic carbocycles. The highest BCUT2D eigenvalue weighted by Crippen LogP contribution is 2.44. The largest absolute Gasteiger partial charge is 0.490 e. The second kappa shape index (κ2) is 6.11. The Kier molecular flexibility index (Phi) is 3.78. The van der Waals surface area contributed by atoms with Gasteiger partial charge in [0.1, 0.15) is 11.9 Å². The van der Waals surface area contributed by atoms with Crippen LogP contribution in [0.4, 0.5) is 5.69 Å². The van der Waals surface area contributed by atoms with Gasteiger partial charge >= 0.3 is 0 Å². The Morgan fingerprint density at radius 1 is 1.11 bits per heavy atom. The van der Waals surface area contributed by atoms with Crippen molar-refractivity contribution in [3.63, 3.8) is 0 Å². The summed E-state index contributed by atoms with van der Waals surface area (Å²) in [5, 5.41) is 4.29. The SMILES string of the molecule is CC1(C)c2cc(OC3CCNCC3)ccc2C(=O)c2c1[nH]c1cc(N)ccc21. The molecule has 0 saturated carbocycles. The minimum Gasteiger partial charge on any atom is -0.490 e. The minimum absolute atomic E-state index is 0.0637. The lowest BCUT2D eigenvalue weighted by molar-refractivity contribution is 0.103. The number of benzene rings is 2. The molecule has 0 atom stereocenters. The third kappa shape index (κ3) is 2.53. The second-order valence-electron chi connectivity index (χ2n) is 8.41. The van der Waals surface area contributed by atoms with Gasteiger partial charge in [-0.25, -0.2) is 0 Å². The van der Waals surface area contributed by atoms with Gasteiger partial charge in [0.05, 0.1) is 5.56 Å². The molecule has 2 heterocycles. The Labute approximate surface area is 164 Å². The number of aromatic amines is 1. The van der Waals surface area contributed by atoms with Crippen molar-refractivity contribution in [2.45, 2.75) is 38.2 Å². The number of carbonyl (C=O) groups excluding carboxylic acids is 1. The summed E-state index contributed by atoms with van der Waals surface area (Å²) in [6, 6.07) is 11.6. The molecule has 1 aromatic heterocycles. The van der Waals surface area contributed by atoms with Crippen LogP contribution in [0.5, 0.6) is 5.75 Å². The Morgan fingerprint density at radius 2 is 1.89 bits per heavy atom. The van der Waals surface area contributed by atoms with Crippen LogP contribution in [0.25, 0.3) is 10.9 Å². The number of hydrogen-bond acceptors (Lipinski definition) is 4. The lowest BCUT2D eigenvalue weighted by Gasteiger charge is -2.33. The normalized spacial score (nSPS) is 18.7. The van der Waals surface area contributed by atoms with E-state index in [1.54, 1.807) is 0 Å². The fourth-order valence-electron chi connectivity index (χ4n) is 4.61. The van der Waals surface area contributed by atoms with Crippen LogP contribution in [0.2, 0.25) is 0 Å². The highest BCUT2D eigenvalue weighted by Gasteiger charge is 2.40. The topological polar surface area (TPSA) is 80.1 Å². The van der Waals surface area contributed by atoms with Gasteiger partial charge < -0.3 is 20.8 Å². The van der Waals surface area contributed by atoms with Crippen LogP contribution in [0, 0.1) is 0 Å². The molecule has 1 saturated heterocycles. The average molecular weight is 375 g/mol. The second-order valence-corrected chi connectivity index (χ2v) is 8.41. The molecule has 1 aliphatic heterocycles. The van der Waals surface area contributed by atoms with E-state index in [0.29, 0.717) is 5.69 Å². The summed E-state index contributed by atoms with van der Waals surface area (Å²) >= 11 is 0. The molecule has 144 valence electrons. The zero-order chi connectivity index (χ0) is 19.5. The molecular weight excluding hydrogens is 350 g/mol. The Morgan fingerprint density at radius 3 is 2.68 bits per heavy atom. The van der Waals surface area contributed by atoms with Gasteiger partial charge in [-0.3, -0.25) is 4.79 Å². The molecule has 0 radical (unpaired) electrons. The summed E-state index contributed by atoms with van der Waals surface area (Å²) < 4.78 is 6.23. The number of piperidine rings is 1. The molecule has 0 unspecified atom stereocenters. The third-order valence-corrected chi connectivity index (χ3v) is 6.17. The van der Waals surface area contributed by atoms with Crippen LogP contribution in [0.3, 0.4) is 0 Å². The van der Waals surface area contributed by atoms with Gasteiger partial charge in [-0.05, 0) is 61.8 Å². The number of nitrogens with one attached hydrogen (secondary N) is 2. The fraction of sp³-hybridized carbons (Fsp3) is 0.348. The van der Waals surface area contributed by atoms with Gasteiger partial charge in [0.25, 0.3) is 0 Å². The standard InChI is InChI=1S/C23H25N3O2/c1-23(2)18-12-15(28-14-7-9-25-10-8-14)4-6-16(18)21(27)20-17-5-3-13(24)11-19(17)26-22(20)23/h3-6,11-12,14,25-26H,7-10,24H2,1-2H3. The van der Waals surface area contributed by atoms with E-state index in [2.05, 4.69) is 30.2 Å². The number of fused-ring (bicyclic) bond motifs is 4. The van der Waals surface area contributed by atoms with Gasteiger partial charge in [0.15, 0.2) is 5.78 Å². The van der Waals surface area contributed by atoms with Crippen molar-refractivity contribution in [3.8, 4) is 5.75 Å². The zero-order valence-corrected chi connectivity index (χ0v) is 16.3. The van der Waals surface area contributed by atoms with Crippen molar-refractivity contribution in [2.24, 2.45) is 0 Å². The summed E-state index contributed by atoms with van der Waals surface area (Å²) in [6.07, 6.45) is 2.24. The number of rotatable bonds is 2. The van der Waals surface area contributed by atoms with E-state index in [1.807, 2.05) is 30.3 Å². The summed E-state index contributed by atoms with van der Waals surface area (Å²) in [5.41, 5.74) is 10.7. The van der Waals surface area contributed by atoms with Crippen molar-refractivity contribution in [1.29, 1.82) is 0 Å². The monoisotopic (exact) mass is 375 g/mol. The summed E-state index contributed by atoms with van der Waals surface area (Å²) in [5.74, 6) is 0.907. The van der Waals surface area contributed by atoms with Gasteiger partial charge in [0, 0.05) is 33.3 Å². The van der Waals surface area contributed by atoms with E-state index < -0.39 is 0 Å². The molecule has 0 spiro atoms. The van der Waals surface area contributed by atoms with Crippen LogP contribution < -0.4 is 15.8 Å². The number of H-pyrrole nitrogens is 1. The van der Waals surface area contributed by atoms with Crippen molar-refractivity contribution in [3.05, 3.63) is 58.8 Å². The molecule has 28 heavy (non-hydrogen) atoms. The quantitative estimate of drug-likeness (QED) is 0.596. The first-order chi connectivity index (χ1) is 13.4. The number of nitrogen functional groups attached to an aromatic ring is 1. The summed E-state index contributed by atoms with van der Waals surface area (Å²) in [4.78, 5) is 16.8. The van der Waals surface area contributed by atoms with Gasteiger partial charge in [-0.15, -0.1) is 0 Å². The first kappa shape index (κ1) is 17.3. The van der Waals surface area contributed by atoms with Crippen molar-refractivity contribution < 1.29 is 9.53 Å². The molecule has 0 bridgehead atoms. The number of ether oxygens (including phenoxy) is 1. The molecule has 2 aliphatic rings. The van der Waals surface area contributed by atoms with E-state index >= 15 is 0 Å². The maximum Gasteiger partial charge on any atom is 0.195 e. The Bertz CT molecular complexity index is 1090. The summed E-state index contributed by atoms with van der Waals surface area (Å²) in [7, 11) is 0. The molecule has 5 rings (SSSR count). The van der Waals surface area contributed by atoms with Crippen LogP contribution in [0.15, 0.2) is 36.4 Å². The van der Waals surface area contributed by atoms with Crippen LogP contribution in [0.1, 0.15) is 53.9 Å². The maximum absolute atomic E-state index is 13.4. The van der Waals surface area contributed by atoms with Gasteiger partial charge in [0.2, 0.25) is 0 Å². The van der Waals surface area contributed by atoms with Crippen LogP contribution >= 0.6 is 0 Å². The smallest absolute Gasteiger partial charge is 0.195 e. The van der Waals surface area contributed by atoms with Crippen LogP contribution in [-0.4, -0.2) is 30.0 Å². The van der Waals surface area contributed by atoms with Crippen molar-refractivity contribution in [1.82, 2.24) is 10.3 Å². The molecule has 5 nitrogen and oxygen atoms in total. The number of aromatic nitrogens is 1. The molecule has 5 heteroatoms. The minimum atomic E-state index is -0.333. The van der Waals surface area contributed by atoms with E-state index in [1.165, 1.54) is 0 Å². The predicted octanol–water partition coefficient (Wildman–Crippen LogP) is 3.75. The number of ketones is 1. The van der Waals surface area contributed by atoms with Gasteiger partial charge in [-0.1, -0.05) is 19.9 Å². The fourth-order valence-corrected chi connectivity index (χ4v) is 4.61. The Hall–Kier alpha value is -2.79. The molecule has 0 amide bonds. The average Bonchev–Trinajstić information content (AvgIpc) is 3.07.